The summed E-state index contributed by atoms with van der Waals surface area (Å²) < 4.78 is 2.21. The SMILES string of the molecule is Cc1c2n(c3ccccc13)CC/C2=N/OC(=O)c1ccc(Cl)cc1Cl. The van der Waals surface area contributed by atoms with Crippen LogP contribution in [0.15, 0.2) is 47.6 Å². The molecule has 1 aliphatic rings. The van der Waals surface area contributed by atoms with Gasteiger partial charge in [-0.15, -0.1) is 0 Å². The van der Waals surface area contributed by atoms with E-state index < -0.39 is 5.97 Å². The predicted molar refractivity (Wildman–Crippen MR) is 99.7 cm³/mol. The highest BCUT2D eigenvalue weighted by molar-refractivity contribution is 6.36. The molecule has 0 unspecified atom stereocenters. The Morgan fingerprint density at radius 1 is 1.20 bits per heavy atom. The quantitative estimate of drug-likeness (QED) is 0.457. The minimum Gasteiger partial charge on any atom is -0.339 e. The Kier molecular flexibility index (Phi) is 4.02. The van der Waals surface area contributed by atoms with Crippen LogP contribution in [0.5, 0.6) is 0 Å². The van der Waals surface area contributed by atoms with Crippen molar-refractivity contribution in [3.63, 3.8) is 0 Å². The lowest BCUT2D eigenvalue weighted by molar-refractivity contribution is 0.0516. The smallest absolute Gasteiger partial charge is 0.339 e. The number of aromatic nitrogens is 1. The zero-order valence-corrected chi connectivity index (χ0v) is 14.9. The van der Waals surface area contributed by atoms with Crippen molar-refractivity contribution in [2.45, 2.75) is 19.9 Å². The average Bonchev–Trinajstić information content (AvgIpc) is 3.13. The maximum atomic E-state index is 12.2. The molecule has 0 N–H and O–H groups in total. The third-order valence-corrected chi connectivity index (χ3v) is 5.01. The van der Waals surface area contributed by atoms with E-state index in [1.54, 1.807) is 6.07 Å². The Hall–Kier alpha value is -2.30. The summed E-state index contributed by atoms with van der Waals surface area (Å²) >= 11 is 11.9. The predicted octanol–water partition coefficient (Wildman–Crippen LogP) is 5.22. The van der Waals surface area contributed by atoms with Gasteiger partial charge in [-0.3, -0.25) is 0 Å². The summed E-state index contributed by atoms with van der Waals surface area (Å²) in [5.41, 5.74) is 4.36. The summed E-state index contributed by atoms with van der Waals surface area (Å²) in [6.07, 6.45) is 0.725. The van der Waals surface area contributed by atoms with Gasteiger partial charge in [0, 0.05) is 28.9 Å². The summed E-state index contributed by atoms with van der Waals surface area (Å²) in [6.45, 7) is 2.88. The van der Waals surface area contributed by atoms with Crippen LogP contribution in [0, 0.1) is 6.92 Å². The van der Waals surface area contributed by atoms with Crippen LogP contribution < -0.4 is 0 Å². The van der Waals surface area contributed by atoms with Crippen LogP contribution in [-0.4, -0.2) is 16.2 Å². The van der Waals surface area contributed by atoms with Crippen LogP contribution in [0.25, 0.3) is 10.9 Å². The summed E-state index contributed by atoms with van der Waals surface area (Å²) in [7, 11) is 0. The number of aryl methyl sites for hydroxylation is 2. The van der Waals surface area contributed by atoms with Crippen LogP contribution in [0.2, 0.25) is 10.0 Å². The molecule has 2 heterocycles. The molecule has 0 fully saturated rings. The first-order valence-electron chi connectivity index (χ1n) is 7.87. The molecule has 0 aliphatic carbocycles. The third kappa shape index (κ3) is 2.71. The van der Waals surface area contributed by atoms with Crippen LogP contribution >= 0.6 is 23.2 Å². The average molecular weight is 373 g/mol. The van der Waals surface area contributed by atoms with Gasteiger partial charge in [0.15, 0.2) is 0 Å². The highest BCUT2D eigenvalue weighted by Crippen LogP contribution is 2.31. The Bertz CT molecular complexity index is 1040. The molecule has 3 aromatic rings. The summed E-state index contributed by atoms with van der Waals surface area (Å²) in [6, 6.07) is 12.8. The number of rotatable bonds is 2. The van der Waals surface area contributed by atoms with E-state index in [2.05, 4.69) is 28.8 Å². The number of fused-ring (bicyclic) bond motifs is 3. The lowest BCUT2D eigenvalue weighted by Crippen LogP contribution is -2.05. The van der Waals surface area contributed by atoms with Crippen molar-refractivity contribution in [2.75, 3.05) is 0 Å². The fourth-order valence-electron chi connectivity index (χ4n) is 3.31. The molecular formula is C19H14Cl2N2O2. The molecule has 0 radical (unpaired) electrons. The first-order valence-corrected chi connectivity index (χ1v) is 8.63. The fourth-order valence-corrected chi connectivity index (χ4v) is 3.79. The Labute approximate surface area is 154 Å². The highest BCUT2D eigenvalue weighted by Gasteiger charge is 2.25. The zero-order chi connectivity index (χ0) is 17.6. The zero-order valence-electron chi connectivity index (χ0n) is 13.4. The van der Waals surface area contributed by atoms with Crippen molar-refractivity contribution in [1.82, 2.24) is 4.57 Å². The van der Waals surface area contributed by atoms with Gasteiger partial charge in [0.2, 0.25) is 0 Å². The number of benzene rings is 2. The van der Waals surface area contributed by atoms with E-state index in [9.17, 15) is 4.79 Å². The van der Waals surface area contributed by atoms with Crippen LogP contribution in [-0.2, 0) is 11.4 Å². The fraction of sp³-hybridized carbons (Fsp3) is 0.158. The van der Waals surface area contributed by atoms with E-state index in [4.69, 9.17) is 28.0 Å². The highest BCUT2D eigenvalue weighted by atomic mass is 35.5. The first kappa shape index (κ1) is 16.2. The molecule has 0 saturated heterocycles. The van der Waals surface area contributed by atoms with Gasteiger partial charge in [0.25, 0.3) is 0 Å². The van der Waals surface area contributed by atoms with Gasteiger partial charge >= 0.3 is 5.97 Å². The Balaban J connectivity index is 1.66. The normalized spacial score (nSPS) is 14.9. The molecule has 4 nitrogen and oxygen atoms in total. The number of carbonyl (C=O) groups excluding carboxylic acids is 1. The van der Waals surface area contributed by atoms with Gasteiger partial charge in [-0.05, 0) is 36.8 Å². The molecule has 0 saturated carbocycles. The van der Waals surface area contributed by atoms with Crippen molar-refractivity contribution < 1.29 is 9.63 Å². The first-order chi connectivity index (χ1) is 12.1. The van der Waals surface area contributed by atoms with Crippen molar-refractivity contribution in [3.8, 4) is 0 Å². The molecule has 0 bridgehead atoms. The Morgan fingerprint density at radius 2 is 2.00 bits per heavy atom. The number of hydrogen-bond acceptors (Lipinski definition) is 3. The summed E-state index contributed by atoms with van der Waals surface area (Å²) in [5, 5.41) is 6.01. The molecule has 2 aromatic carbocycles. The maximum absolute atomic E-state index is 12.2. The van der Waals surface area contributed by atoms with E-state index >= 15 is 0 Å². The number of carbonyl (C=O) groups is 1. The molecule has 1 aliphatic heterocycles. The number of hydrogen-bond donors (Lipinski definition) is 0. The van der Waals surface area contributed by atoms with E-state index in [0.717, 1.165) is 29.9 Å². The molecule has 0 atom stereocenters. The Morgan fingerprint density at radius 3 is 2.80 bits per heavy atom. The lowest BCUT2D eigenvalue weighted by atomic mass is 10.1. The van der Waals surface area contributed by atoms with Gasteiger partial charge in [0.05, 0.1) is 16.3 Å². The molecule has 6 heteroatoms. The van der Waals surface area contributed by atoms with Crippen LogP contribution in [0.3, 0.4) is 0 Å². The number of nitrogens with zero attached hydrogens (tertiary/aromatic N) is 2. The van der Waals surface area contributed by atoms with Gasteiger partial charge in [-0.25, -0.2) is 4.79 Å². The molecule has 1 aromatic heterocycles. The molecular weight excluding hydrogens is 359 g/mol. The van der Waals surface area contributed by atoms with Gasteiger partial charge in [-0.2, -0.15) is 0 Å². The number of oxime groups is 1. The van der Waals surface area contributed by atoms with Crippen molar-refractivity contribution in [2.24, 2.45) is 5.16 Å². The molecule has 25 heavy (non-hydrogen) atoms. The van der Waals surface area contributed by atoms with E-state index in [1.165, 1.54) is 23.0 Å². The molecule has 0 spiro atoms. The molecule has 0 amide bonds. The van der Waals surface area contributed by atoms with Gasteiger partial charge in [0.1, 0.15) is 5.71 Å². The maximum Gasteiger partial charge on any atom is 0.367 e. The van der Waals surface area contributed by atoms with E-state index in [1.807, 2.05) is 12.1 Å². The monoisotopic (exact) mass is 372 g/mol. The lowest BCUT2D eigenvalue weighted by Gasteiger charge is -2.03. The molecule has 126 valence electrons. The third-order valence-electron chi connectivity index (χ3n) is 4.46. The largest absolute Gasteiger partial charge is 0.367 e. The standard InChI is InChI=1S/C19H14Cl2N2O2/c1-11-13-4-2-3-5-17(13)23-9-8-16(18(11)23)22-25-19(24)14-7-6-12(20)10-15(14)21/h2-7,10H,8-9H2,1H3/b22-16-. The van der Waals surface area contributed by atoms with Gasteiger partial charge in [-0.1, -0.05) is 46.6 Å². The summed E-state index contributed by atoms with van der Waals surface area (Å²) in [5.74, 6) is -0.596. The van der Waals surface area contributed by atoms with Crippen molar-refractivity contribution >= 4 is 45.8 Å². The van der Waals surface area contributed by atoms with Crippen LogP contribution in [0.4, 0.5) is 0 Å². The van der Waals surface area contributed by atoms with E-state index in [0.29, 0.717) is 5.02 Å². The van der Waals surface area contributed by atoms with Crippen LogP contribution in [0.1, 0.15) is 28.0 Å². The number of halogens is 2. The molecule has 4 rings (SSSR count). The number of para-hydroxylation sites is 1. The minimum atomic E-state index is -0.596. The van der Waals surface area contributed by atoms with Crippen molar-refractivity contribution in [1.29, 1.82) is 0 Å². The van der Waals surface area contributed by atoms with E-state index in [-0.39, 0.29) is 10.6 Å². The summed E-state index contributed by atoms with van der Waals surface area (Å²) in [4.78, 5) is 17.4. The second-order valence-electron chi connectivity index (χ2n) is 5.93. The topological polar surface area (TPSA) is 43.6 Å². The van der Waals surface area contributed by atoms with Gasteiger partial charge < -0.3 is 9.40 Å². The minimum absolute atomic E-state index is 0.241. The second kappa shape index (κ2) is 6.21. The van der Waals surface area contributed by atoms with Crippen molar-refractivity contribution in [3.05, 3.63) is 69.3 Å². The second-order valence-corrected chi connectivity index (χ2v) is 6.78.